The second-order valence-corrected chi connectivity index (χ2v) is 7.22. The fraction of sp³-hybridized carbons (Fsp3) is 0.619. The van der Waals surface area contributed by atoms with E-state index in [9.17, 15) is 4.39 Å². The van der Waals surface area contributed by atoms with Crippen molar-refractivity contribution in [3.8, 4) is 11.5 Å². The van der Waals surface area contributed by atoms with Crippen LogP contribution in [-0.4, -0.2) is 13.2 Å². The summed E-state index contributed by atoms with van der Waals surface area (Å²) >= 11 is 0. The summed E-state index contributed by atoms with van der Waals surface area (Å²) in [5.74, 6) is 2.26. The Labute approximate surface area is 145 Å². The Morgan fingerprint density at radius 2 is 1.83 bits per heavy atom. The largest absolute Gasteiger partial charge is 0.491 e. The fourth-order valence-corrected chi connectivity index (χ4v) is 3.41. The van der Waals surface area contributed by atoms with Crippen molar-refractivity contribution in [1.82, 2.24) is 0 Å². The second-order valence-electron chi connectivity index (χ2n) is 7.22. The molecule has 0 heterocycles. The summed E-state index contributed by atoms with van der Waals surface area (Å²) in [4.78, 5) is 0. The van der Waals surface area contributed by atoms with Crippen molar-refractivity contribution in [2.75, 3.05) is 13.2 Å². The van der Waals surface area contributed by atoms with Crippen molar-refractivity contribution in [3.63, 3.8) is 0 Å². The Bertz CT molecular complexity index is 557. The van der Waals surface area contributed by atoms with Gasteiger partial charge in [-0.15, -0.1) is 0 Å². The van der Waals surface area contributed by atoms with Crippen LogP contribution < -0.4 is 9.47 Å². The van der Waals surface area contributed by atoms with E-state index in [1.165, 1.54) is 44.9 Å². The first-order chi connectivity index (χ1) is 11.7. The SMILES string of the molecule is Cc1c(OC/C=C/C2CCCC2)ccc(OCCCC2CC2)c1F. The highest BCUT2D eigenvalue weighted by Gasteiger charge is 2.20. The molecule has 3 rings (SSSR count). The Morgan fingerprint density at radius 1 is 1.08 bits per heavy atom. The van der Waals surface area contributed by atoms with Gasteiger partial charge in [-0.1, -0.05) is 37.8 Å². The highest BCUT2D eigenvalue weighted by Crippen LogP contribution is 2.34. The lowest BCUT2D eigenvalue weighted by Gasteiger charge is -2.12. The topological polar surface area (TPSA) is 18.5 Å². The molecule has 0 bridgehead atoms. The molecule has 0 aliphatic heterocycles. The lowest BCUT2D eigenvalue weighted by molar-refractivity contribution is 0.286. The van der Waals surface area contributed by atoms with Gasteiger partial charge in [0.15, 0.2) is 11.6 Å². The molecule has 0 aromatic heterocycles. The van der Waals surface area contributed by atoms with E-state index in [0.717, 1.165) is 12.3 Å². The molecule has 132 valence electrons. The molecule has 3 heteroatoms. The van der Waals surface area contributed by atoms with E-state index in [4.69, 9.17) is 9.47 Å². The van der Waals surface area contributed by atoms with E-state index in [1.807, 2.05) is 6.07 Å². The first-order valence-corrected chi connectivity index (χ1v) is 9.45. The first kappa shape index (κ1) is 17.3. The Balaban J connectivity index is 1.45. The smallest absolute Gasteiger partial charge is 0.171 e. The second kappa shape index (κ2) is 8.55. The number of hydrogen-bond acceptors (Lipinski definition) is 2. The van der Waals surface area contributed by atoms with Crippen LogP contribution in [0.25, 0.3) is 0 Å². The van der Waals surface area contributed by atoms with Gasteiger partial charge in [-0.2, -0.15) is 0 Å². The molecule has 2 aliphatic rings. The maximum Gasteiger partial charge on any atom is 0.171 e. The number of halogens is 1. The summed E-state index contributed by atoms with van der Waals surface area (Å²) in [5, 5.41) is 0. The zero-order chi connectivity index (χ0) is 16.8. The lowest BCUT2D eigenvalue weighted by Crippen LogP contribution is -2.03. The summed E-state index contributed by atoms with van der Waals surface area (Å²) < 4.78 is 25.7. The Kier molecular flexibility index (Phi) is 6.17. The van der Waals surface area contributed by atoms with Gasteiger partial charge in [0, 0.05) is 5.56 Å². The van der Waals surface area contributed by atoms with Crippen LogP contribution in [0.1, 0.15) is 56.9 Å². The normalized spacial score (nSPS) is 18.4. The van der Waals surface area contributed by atoms with Crippen molar-refractivity contribution < 1.29 is 13.9 Å². The van der Waals surface area contributed by atoms with Gasteiger partial charge in [0.25, 0.3) is 0 Å². The molecule has 0 spiro atoms. The minimum Gasteiger partial charge on any atom is -0.491 e. The third kappa shape index (κ3) is 4.99. The van der Waals surface area contributed by atoms with Crippen LogP contribution in [-0.2, 0) is 0 Å². The quantitative estimate of drug-likeness (QED) is 0.418. The number of benzene rings is 1. The maximum absolute atomic E-state index is 14.4. The minimum absolute atomic E-state index is 0.293. The van der Waals surface area contributed by atoms with Crippen LogP contribution in [0, 0.1) is 24.6 Å². The summed E-state index contributed by atoms with van der Waals surface area (Å²) in [6, 6.07) is 3.51. The molecule has 0 unspecified atom stereocenters. The van der Waals surface area contributed by atoms with Crippen LogP contribution in [0.15, 0.2) is 24.3 Å². The van der Waals surface area contributed by atoms with Gasteiger partial charge in [0.05, 0.1) is 6.61 Å². The zero-order valence-electron chi connectivity index (χ0n) is 14.7. The lowest BCUT2D eigenvalue weighted by atomic mass is 10.1. The molecular formula is C21H29FO2. The standard InChI is InChI=1S/C21H29FO2/c1-16-19(23-14-4-8-17-6-2-3-7-17)12-13-20(21(16)22)24-15-5-9-18-10-11-18/h4,8,12-13,17-18H,2-3,5-7,9-11,14-15H2,1H3/b8-4+. The molecule has 0 N–H and O–H groups in total. The van der Waals surface area contributed by atoms with Crippen molar-refractivity contribution in [2.45, 2.75) is 58.3 Å². The van der Waals surface area contributed by atoms with Gasteiger partial charge in [-0.3, -0.25) is 0 Å². The first-order valence-electron chi connectivity index (χ1n) is 9.45. The maximum atomic E-state index is 14.4. The van der Waals surface area contributed by atoms with E-state index in [2.05, 4.69) is 12.2 Å². The third-order valence-corrected chi connectivity index (χ3v) is 5.16. The van der Waals surface area contributed by atoms with E-state index >= 15 is 0 Å². The molecule has 2 saturated carbocycles. The highest BCUT2D eigenvalue weighted by atomic mass is 19.1. The molecule has 2 fully saturated rings. The van der Waals surface area contributed by atoms with Crippen molar-refractivity contribution >= 4 is 0 Å². The number of allylic oxidation sites excluding steroid dienone is 1. The van der Waals surface area contributed by atoms with Crippen molar-refractivity contribution in [2.24, 2.45) is 11.8 Å². The van der Waals surface area contributed by atoms with Gasteiger partial charge in [0.1, 0.15) is 12.4 Å². The van der Waals surface area contributed by atoms with Crippen LogP contribution in [0.4, 0.5) is 4.39 Å². The highest BCUT2D eigenvalue weighted by molar-refractivity contribution is 5.41. The van der Waals surface area contributed by atoms with Crippen LogP contribution in [0.2, 0.25) is 0 Å². The number of rotatable bonds is 9. The minimum atomic E-state index is -0.293. The van der Waals surface area contributed by atoms with E-state index in [1.54, 1.807) is 13.0 Å². The van der Waals surface area contributed by atoms with Gasteiger partial charge in [0.2, 0.25) is 0 Å². The fourth-order valence-electron chi connectivity index (χ4n) is 3.41. The van der Waals surface area contributed by atoms with Gasteiger partial charge in [-0.25, -0.2) is 4.39 Å². The summed E-state index contributed by atoms with van der Waals surface area (Å²) in [5.41, 5.74) is 0.531. The zero-order valence-corrected chi connectivity index (χ0v) is 14.7. The molecule has 1 aromatic rings. The Hall–Kier alpha value is -1.51. The van der Waals surface area contributed by atoms with Crippen molar-refractivity contribution in [3.05, 3.63) is 35.7 Å². The molecular weight excluding hydrogens is 303 g/mol. The molecule has 1 aromatic carbocycles. The molecule has 2 nitrogen and oxygen atoms in total. The predicted molar refractivity (Wildman–Crippen MR) is 95.2 cm³/mol. The molecule has 0 amide bonds. The monoisotopic (exact) mass is 332 g/mol. The third-order valence-electron chi connectivity index (χ3n) is 5.16. The summed E-state index contributed by atoms with van der Waals surface area (Å²) in [7, 11) is 0. The summed E-state index contributed by atoms with van der Waals surface area (Å²) in [6.45, 7) is 2.85. The number of hydrogen-bond donors (Lipinski definition) is 0. The predicted octanol–water partition coefficient (Wildman–Crippen LogP) is 5.83. The van der Waals surface area contributed by atoms with Crippen LogP contribution >= 0.6 is 0 Å². The van der Waals surface area contributed by atoms with E-state index < -0.39 is 0 Å². The van der Waals surface area contributed by atoms with Crippen molar-refractivity contribution in [1.29, 1.82) is 0 Å². The average Bonchev–Trinajstić information content (AvgIpc) is 3.27. The van der Waals surface area contributed by atoms with E-state index in [0.29, 0.717) is 36.2 Å². The Morgan fingerprint density at radius 3 is 2.58 bits per heavy atom. The van der Waals surface area contributed by atoms with Gasteiger partial charge < -0.3 is 9.47 Å². The molecule has 0 radical (unpaired) electrons. The molecule has 24 heavy (non-hydrogen) atoms. The molecule has 0 saturated heterocycles. The van der Waals surface area contributed by atoms with Gasteiger partial charge >= 0.3 is 0 Å². The van der Waals surface area contributed by atoms with Crippen LogP contribution in [0.5, 0.6) is 11.5 Å². The van der Waals surface area contributed by atoms with E-state index in [-0.39, 0.29) is 5.82 Å². The average molecular weight is 332 g/mol. The van der Waals surface area contributed by atoms with Crippen LogP contribution in [0.3, 0.4) is 0 Å². The number of ether oxygens (including phenoxy) is 2. The van der Waals surface area contributed by atoms with Gasteiger partial charge in [-0.05, 0) is 56.6 Å². The molecule has 2 aliphatic carbocycles. The molecule has 0 atom stereocenters. The summed E-state index contributed by atoms with van der Waals surface area (Å²) in [6.07, 6.45) is 14.5.